The van der Waals surface area contributed by atoms with Gasteiger partial charge in [0.2, 0.25) is 0 Å². The van der Waals surface area contributed by atoms with Gasteiger partial charge in [-0.05, 0) is 30.5 Å². The van der Waals surface area contributed by atoms with Crippen LogP contribution in [-0.2, 0) is 0 Å². The predicted molar refractivity (Wildman–Crippen MR) is 94.0 cm³/mol. The summed E-state index contributed by atoms with van der Waals surface area (Å²) in [6, 6.07) is 20.5. The van der Waals surface area contributed by atoms with Crippen molar-refractivity contribution in [3.63, 3.8) is 0 Å². The molecule has 3 heteroatoms. The van der Waals surface area contributed by atoms with Crippen molar-refractivity contribution in [2.24, 2.45) is 5.73 Å². The summed E-state index contributed by atoms with van der Waals surface area (Å²) in [5, 5.41) is 10.6. The fraction of sp³-hybridized carbons (Fsp3) is 0.400. The molecule has 2 aromatic carbocycles. The van der Waals surface area contributed by atoms with E-state index in [0.717, 1.165) is 18.5 Å². The van der Waals surface area contributed by atoms with Crippen molar-refractivity contribution in [1.82, 2.24) is 4.90 Å². The third-order valence-corrected chi connectivity index (χ3v) is 4.86. The van der Waals surface area contributed by atoms with Crippen LogP contribution >= 0.6 is 0 Å². The zero-order valence-electron chi connectivity index (χ0n) is 13.5. The number of benzene rings is 2. The van der Waals surface area contributed by atoms with Crippen LogP contribution in [0.3, 0.4) is 0 Å². The Balaban J connectivity index is 1.71. The van der Waals surface area contributed by atoms with E-state index in [4.69, 9.17) is 5.73 Å². The maximum absolute atomic E-state index is 10.6. The van der Waals surface area contributed by atoms with Gasteiger partial charge >= 0.3 is 0 Å². The van der Waals surface area contributed by atoms with E-state index in [1.54, 1.807) is 0 Å². The van der Waals surface area contributed by atoms with Gasteiger partial charge in [-0.25, -0.2) is 0 Å². The molecular formula is C20H26N2O. The highest BCUT2D eigenvalue weighted by Crippen LogP contribution is 2.28. The number of piperidine rings is 1. The molecule has 1 heterocycles. The minimum atomic E-state index is -0.459. The molecule has 0 aliphatic carbocycles. The monoisotopic (exact) mass is 310 g/mol. The molecule has 2 aromatic rings. The summed E-state index contributed by atoms with van der Waals surface area (Å²) in [5.74, 6) is 0. The summed E-state index contributed by atoms with van der Waals surface area (Å²) in [7, 11) is 0. The van der Waals surface area contributed by atoms with E-state index in [2.05, 4.69) is 17.0 Å². The van der Waals surface area contributed by atoms with Gasteiger partial charge in [-0.3, -0.25) is 4.90 Å². The van der Waals surface area contributed by atoms with E-state index >= 15 is 0 Å². The van der Waals surface area contributed by atoms with E-state index in [-0.39, 0.29) is 6.04 Å². The molecule has 0 unspecified atom stereocenters. The largest absolute Gasteiger partial charge is 0.387 e. The minimum Gasteiger partial charge on any atom is -0.387 e. The Morgan fingerprint density at radius 2 is 1.57 bits per heavy atom. The van der Waals surface area contributed by atoms with Crippen molar-refractivity contribution < 1.29 is 5.11 Å². The molecule has 3 rings (SSSR count). The van der Waals surface area contributed by atoms with Gasteiger partial charge < -0.3 is 10.8 Å². The second kappa shape index (κ2) is 7.73. The summed E-state index contributed by atoms with van der Waals surface area (Å²) in [5.41, 5.74) is 8.71. The number of likely N-dealkylation sites (tertiary alicyclic amines) is 1. The number of aliphatic hydroxyl groups excluding tert-OH is 1. The van der Waals surface area contributed by atoms with Crippen molar-refractivity contribution in [2.45, 2.75) is 37.5 Å². The third-order valence-electron chi connectivity index (χ3n) is 4.86. The number of nitrogens with zero attached hydrogens (tertiary/aromatic N) is 1. The first kappa shape index (κ1) is 16.2. The summed E-state index contributed by atoms with van der Waals surface area (Å²) in [4.78, 5) is 2.37. The number of hydrogen-bond donors (Lipinski definition) is 2. The first-order valence-corrected chi connectivity index (χ1v) is 8.53. The second-order valence-corrected chi connectivity index (χ2v) is 6.42. The quantitative estimate of drug-likeness (QED) is 0.891. The van der Waals surface area contributed by atoms with Gasteiger partial charge in [0.05, 0.1) is 6.10 Å². The molecule has 0 bridgehead atoms. The average Bonchev–Trinajstić information content (AvgIpc) is 2.63. The number of rotatable bonds is 5. The van der Waals surface area contributed by atoms with Crippen molar-refractivity contribution >= 4 is 0 Å². The number of hydrogen-bond acceptors (Lipinski definition) is 3. The smallest absolute Gasteiger partial charge is 0.0917 e. The van der Waals surface area contributed by atoms with Crippen molar-refractivity contribution in [3.05, 3.63) is 71.8 Å². The Labute approximate surface area is 138 Å². The van der Waals surface area contributed by atoms with E-state index in [1.165, 1.54) is 18.4 Å². The molecule has 23 heavy (non-hydrogen) atoms. The molecule has 0 radical (unpaired) electrons. The van der Waals surface area contributed by atoms with Gasteiger partial charge in [-0.15, -0.1) is 0 Å². The van der Waals surface area contributed by atoms with Crippen molar-refractivity contribution in [3.8, 4) is 0 Å². The molecule has 3 nitrogen and oxygen atoms in total. The topological polar surface area (TPSA) is 49.5 Å². The van der Waals surface area contributed by atoms with Crippen molar-refractivity contribution in [1.29, 1.82) is 0 Å². The Hall–Kier alpha value is -1.68. The highest BCUT2D eigenvalue weighted by atomic mass is 16.3. The van der Waals surface area contributed by atoms with E-state index < -0.39 is 6.10 Å². The normalized spacial score (nSPS) is 21.7. The van der Waals surface area contributed by atoms with Crippen LogP contribution in [0.2, 0.25) is 0 Å². The van der Waals surface area contributed by atoms with Crippen LogP contribution in [-0.4, -0.2) is 29.1 Å². The summed E-state index contributed by atoms with van der Waals surface area (Å²) >= 11 is 0. The van der Waals surface area contributed by atoms with Crippen LogP contribution in [0.4, 0.5) is 0 Å². The van der Waals surface area contributed by atoms with Gasteiger partial charge in [0, 0.05) is 18.6 Å². The zero-order valence-corrected chi connectivity index (χ0v) is 13.5. The molecule has 0 amide bonds. The summed E-state index contributed by atoms with van der Waals surface area (Å²) in [6.45, 7) is 1.66. The number of aliphatic hydroxyl groups is 1. The summed E-state index contributed by atoms with van der Waals surface area (Å²) < 4.78 is 0. The second-order valence-electron chi connectivity index (χ2n) is 6.42. The Morgan fingerprint density at radius 3 is 2.22 bits per heavy atom. The Morgan fingerprint density at radius 1 is 0.957 bits per heavy atom. The standard InChI is InChI=1S/C20H26N2O/c21-20(17-11-5-2-6-12-17)18-13-7-8-14-22(18)15-19(23)16-9-3-1-4-10-16/h1-6,9-12,18-20,23H,7-8,13-15,21H2/t18-,19-,20+/m0/s1. The molecule has 3 atom stereocenters. The molecule has 1 fully saturated rings. The number of nitrogens with two attached hydrogens (primary N) is 1. The molecule has 0 aromatic heterocycles. The molecule has 3 N–H and O–H groups in total. The van der Waals surface area contributed by atoms with Crippen LogP contribution in [0.5, 0.6) is 0 Å². The predicted octanol–water partition coefficient (Wildman–Crippen LogP) is 3.27. The lowest BCUT2D eigenvalue weighted by Crippen LogP contribution is -2.47. The number of β-amino-alcohol motifs (C(OH)–C–C–N with tert-alkyl or cyclic N) is 1. The maximum atomic E-state index is 10.6. The fourth-order valence-electron chi connectivity index (χ4n) is 3.55. The highest BCUT2D eigenvalue weighted by Gasteiger charge is 2.30. The Bertz CT molecular complexity index is 587. The van der Waals surface area contributed by atoms with Gasteiger partial charge in [0.1, 0.15) is 0 Å². The maximum Gasteiger partial charge on any atom is 0.0917 e. The zero-order chi connectivity index (χ0) is 16.1. The van der Waals surface area contributed by atoms with Gasteiger partial charge in [-0.2, -0.15) is 0 Å². The van der Waals surface area contributed by atoms with Crippen LogP contribution in [0.1, 0.15) is 42.5 Å². The molecule has 1 aliphatic heterocycles. The molecular weight excluding hydrogens is 284 g/mol. The lowest BCUT2D eigenvalue weighted by Gasteiger charge is -2.40. The average molecular weight is 310 g/mol. The third kappa shape index (κ3) is 3.99. The SMILES string of the molecule is N[C@H](c1ccccc1)[C@@H]1CCCCN1C[C@H](O)c1ccccc1. The lowest BCUT2D eigenvalue weighted by atomic mass is 9.91. The van der Waals surface area contributed by atoms with Crippen LogP contribution in [0.15, 0.2) is 60.7 Å². The first-order chi connectivity index (χ1) is 11.3. The lowest BCUT2D eigenvalue weighted by molar-refractivity contribution is 0.0570. The molecule has 122 valence electrons. The van der Waals surface area contributed by atoms with Crippen LogP contribution in [0, 0.1) is 0 Å². The molecule has 1 saturated heterocycles. The fourth-order valence-corrected chi connectivity index (χ4v) is 3.55. The van der Waals surface area contributed by atoms with Crippen LogP contribution < -0.4 is 5.73 Å². The van der Waals surface area contributed by atoms with E-state index in [0.29, 0.717) is 12.6 Å². The Kier molecular flexibility index (Phi) is 5.44. The van der Waals surface area contributed by atoms with Gasteiger partial charge in [-0.1, -0.05) is 67.1 Å². The van der Waals surface area contributed by atoms with Crippen molar-refractivity contribution in [2.75, 3.05) is 13.1 Å². The van der Waals surface area contributed by atoms with Gasteiger partial charge in [0.15, 0.2) is 0 Å². The minimum absolute atomic E-state index is 0.000488. The highest BCUT2D eigenvalue weighted by molar-refractivity contribution is 5.21. The molecule has 0 spiro atoms. The molecule has 1 aliphatic rings. The molecule has 0 saturated carbocycles. The first-order valence-electron chi connectivity index (χ1n) is 8.53. The van der Waals surface area contributed by atoms with E-state index in [1.807, 2.05) is 48.5 Å². The summed E-state index contributed by atoms with van der Waals surface area (Å²) in [6.07, 6.45) is 3.03. The van der Waals surface area contributed by atoms with E-state index in [9.17, 15) is 5.11 Å². The van der Waals surface area contributed by atoms with Crippen LogP contribution in [0.25, 0.3) is 0 Å². The van der Waals surface area contributed by atoms with Gasteiger partial charge in [0.25, 0.3) is 0 Å².